The highest BCUT2D eigenvalue weighted by molar-refractivity contribution is 7.67. The van der Waals surface area contributed by atoms with Crippen molar-refractivity contribution in [3.8, 4) is 11.6 Å². The maximum Gasteiger partial charge on any atom is 0.417 e. The van der Waals surface area contributed by atoms with Gasteiger partial charge in [0.15, 0.2) is 6.79 Å². The van der Waals surface area contributed by atoms with Crippen molar-refractivity contribution >= 4 is 35.9 Å². The monoisotopic (exact) mass is 496 g/mol. The number of nitrogens with zero attached hydrogens (tertiary/aromatic N) is 2. The molecule has 2 rings (SSSR count). The first-order chi connectivity index (χ1) is 14.9. The van der Waals surface area contributed by atoms with Crippen LogP contribution in [0.3, 0.4) is 0 Å². The molecule has 0 saturated carbocycles. The zero-order valence-electron chi connectivity index (χ0n) is 16.7. The maximum atomic E-state index is 13.3. The molecular weight excluding hydrogens is 480 g/mol. The van der Waals surface area contributed by atoms with Gasteiger partial charge in [0.2, 0.25) is 13.2 Å². The lowest BCUT2D eigenvalue weighted by Crippen LogP contribution is -2.16. The molecule has 0 saturated heterocycles. The van der Waals surface area contributed by atoms with Crippen molar-refractivity contribution in [3.63, 3.8) is 0 Å². The van der Waals surface area contributed by atoms with E-state index in [4.69, 9.17) is 25.6 Å². The van der Waals surface area contributed by atoms with E-state index in [1.807, 2.05) is 0 Å². The Kier molecular flexibility index (Phi) is 8.22. The van der Waals surface area contributed by atoms with Crippen LogP contribution in [0.4, 0.5) is 18.9 Å². The average Bonchev–Trinajstić information content (AvgIpc) is 2.73. The lowest BCUT2D eigenvalue weighted by Gasteiger charge is -2.18. The zero-order chi connectivity index (χ0) is 24.1. The van der Waals surface area contributed by atoms with E-state index >= 15 is 0 Å². The van der Waals surface area contributed by atoms with Crippen LogP contribution < -0.4 is 10.0 Å². The molecule has 2 aromatic rings. The highest BCUT2D eigenvalue weighted by Gasteiger charge is 2.34. The summed E-state index contributed by atoms with van der Waals surface area (Å²) in [6, 6.07) is 3.78. The molecule has 32 heavy (non-hydrogen) atoms. The Labute approximate surface area is 185 Å². The zero-order valence-corrected chi connectivity index (χ0v) is 18.4. The first-order valence-corrected chi connectivity index (χ1v) is 11.2. The van der Waals surface area contributed by atoms with Gasteiger partial charge in [0.25, 0.3) is 5.69 Å². The van der Waals surface area contributed by atoms with Gasteiger partial charge in [0.05, 0.1) is 10.5 Å². The number of benzene rings is 1. The predicted octanol–water partition coefficient (Wildman–Crippen LogP) is 5.30. The topological polar surface area (TPSA) is 118 Å². The van der Waals surface area contributed by atoms with Crippen LogP contribution in [0.5, 0.6) is 11.6 Å². The van der Waals surface area contributed by atoms with Crippen LogP contribution >= 0.6 is 19.0 Å². The molecule has 0 aliphatic heterocycles. The van der Waals surface area contributed by atoms with E-state index in [9.17, 15) is 32.6 Å². The Hall–Kier alpha value is -2.69. The summed E-state index contributed by atoms with van der Waals surface area (Å²) in [5.74, 6) is -1.16. The Balaban J connectivity index is 2.40. The Bertz CT molecular complexity index is 1070. The van der Waals surface area contributed by atoms with Gasteiger partial charge >= 0.3 is 12.1 Å². The summed E-state index contributed by atoms with van der Waals surface area (Å²) in [5, 5.41) is 10.6. The third-order valence-corrected chi connectivity index (χ3v) is 6.76. The number of hydrogen-bond acceptors (Lipinski definition) is 8. The van der Waals surface area contributed by atoms with Gasteiger partial charge in [-0.15, -0.1) is 0 Å². The Morgan fingerprint density at radius 3 is 2.50 bits per heavy atom. The molecule has 1 unspecified atom stereocenters. The molecule has 0 spiro atoms. The third-order valence-electron chi connectivity index (χ3n) is 4.05. The normalized spacial score (nSPS) is 13.3. The number of hydrogen-bond donors (Lipinski definition) is 0. The van der Waals surface area contributed by atoms with Crippen molar-refractivity contribution in [1.29, 1.82) is 0 Å². The van der Waals surface area contributed by atoms with Crippen molar-refractivity contribution in [2.45, 2.75) is 26.4 Å². The fourth-order valence-electron chi connectivity index (χ4n) is 2.37. The highest BCUT2D eigenvalue weighted by atomic mass is 35.5. The van der Waals surface area contributed by atoms with Crippen LogP contribution in [-0.4, -0.2) is 28.8 Å². The highest BCUT2D eigenvalue weighted by Crippen LogP contribution is 2.48. The third kappa shape index (κ3) is 6.18. The fraction of sp³-hybridized carbons (Fsp3) is 0.333. The number of halogens is 4. The van der Waals surface area contributed by atoms with Crippen LogP contribution in [0.2, 0.25) is 5.02 Å². The number of pyridine rings is 1. The van der Waals surface area contributed by atoms with E-state index in [2.05, 4.69) is 4.98 Å². The molecule has 1 atom stereocenters. The van der Waals surface area contributed by atoms with Gasteiger partial charge in [-0.2, -0.15) is 13.2 Å². The minimum absolute atomic E-state index is 0.0458. The van der Waals surface area contributed by atoms with Crippen molar-refractivity contribution in [2.24, 2.45) is 0 Å². The lowest BCUT2D eigenvalue weighted by atomic mass is 10.3. The summed E-state index contributed by atoms with van der Waals surface area (Å²) >= 11 is 5.81. The van der Waals surface area contributed by atoms with E-state index in [1.165, 1.54) is 13.8 Å². The maximum absolute atomic E-state index is 13.3. The molecule has 1 aromatic heterocycles. The van der Waals surface area contributed by atoms with Crippen LogP contribution in [0, 0.1) is 10.1 Å². The molecule has 0 amide bonds. The molecular formula is C18H17ClF3N2O7P. The van der Waals surface area contributed by atoms with Crippen molar-refractivity contribution in [2.75, 3.05) is 13.0 Å². The van der Waals surface area contributed by atoms with Gasteiger partial charge in [-0.25, -0.2) is 4.98 Å². The number of carbonyl (C=O) groups is 1. The number of nitro groups is 1. The van der Waals surface area contributed by atoms with Crippen molar-refractivity contribution in [3.05, 3.63) is 51.2 Å². The second kappa shape index (κ2) is 10.3. The number of esters is 1. The van der Waals surface area contributed by atoms with Crippen molar-refractivity contribution in [1.82, 2.24) is 4.98 Å². The van der Waals surface area contributed by atoms with E-state index in [0.29, 0.717) is 12.3 Å². The molecule has 14 heteroatoms. The van der Waals surface area contributed by atoms with Crippen LogP contribution in [0.1, 0.15) is 25.8 Å². The van der Waals surface area contributed by atoms with Gasteiger partial charge < -0.3 is 9.47 Å². The first-order valence-electron chi connectivity index (χ1n) is 9.00. The number of rotatable bonds is 9. The number of alkyl halides is 3. The van der Waals surface area contributed by atoms with E-state index in [0.717, 1.165) is 18.2 Å². The summed E-state index contributed by atoms with van der Waals surface area (Å²) in [6.07, 6.45) is -4.29. The van der Waals surface area contributed by atoms with Gasteiger partial charge in [-0.1, -0.05) is 25.4 Å². The number of ether oxygens (including phenoxy) is 2. The predicted molar refractivity (Wildman–Crippen MR) is 108 cm³/mol. The van der Waals surface area contributed by atoms with E-state index < -0.39 is 53.4 Å². The van der Waals surface area contributed by atoms with Gasteiger partial charge in [0.1, 0.15) is 16.1 Å². The smallest absolute Gasteiger partial charge is 0.417 e. The number of aromatic nitrogens is 1. The summed E-state index contributed by atoms with van der Waals surface area (Å²) in [6.45, 7) is 2.30. The van der Waals surface area contributed by atoms with Crippen LogP contribution in [0.25, 0.3) is 0 Å². The van der Waals surface area contributed by atoms with E-state index in [1.54, 1.807) is 0 Å². The Morgan fingerprint density at radius 1 is 1.28 bits per heavy atom. The summed E-state index contributed by atoms with van der Waals surface area (Å²) in [7, 11) is -3.89. The molecule has 0 aliphatic rings. The molecule has 0 fully saturated rings. The lowest BCUT2D eigenvalue weighted by molar-refractivity contribution is -0.383. The van der Waals surface area contributed by atoms with E-state index in [-0.39, 0.29) is 23.6 Å². The fourth-order valence-corrected chi connectivity index (χ4v) is 4.29. The summed E-state index contributed by atoms with van der Waals surface area (Å²) in [4.78, 5) is 25.4. The van der Waals surface area contributed by atoms with Crippen molar-refractivity contribution < 1.29 is 41.5 Å². The van der Waals surface area contributed by atoms with Gasteiger partial charge in [-0.3, -0.25) is 24.0 Å². The van der Waals surface area contributed by atoms with Gasteiger partial charge in [-0.05, 0) is 12.1 Å². The number of nitro benzene ring substituents is 1. The standard InChI is InChI=1S/C18H17ClF3N2O7P/c1-3-16(25)29-10-30-32(28,4-2)15-8-12(5-6-14(15)24(26)27)31-17-13(19)7-11(9-23-17)18(20,21)22/h5-9H,3-4,10H2,1-2H3. The molecule has 174 valence electrons. The summed E-state index contributed by atoms with van der Waals surface area (Å²) in [5.41, 5.74) is -1.64. The van der Waals surface area contributed by atoms with Gasteiger partial charge in [0, 0.05) is 30.9 Å². The second-order valence-corrected chi connectivity index (χ2v) is 9.25. The number of carbonyl (C=O) groups excluding carboxylic acids is 1. The molecule has 1 aromatic carbocycles. The second-order valence-electron chi connectivity index (χ2n) is 6.12. The Morgan fingerprint density at radius 2 is 1.97 bits per heavy atom. The van der Waals surface area contributed by atoms with Crippen LogP contribution in [-0.2, 0) is 24.8 Å². The van der Waals surface area contributed by atoms with Crippen LogP contribution in [0.15, 0.2) is 30.5 Å². The molecule has 0 bridgehead atoms. The quantitative estimate of drug-likeness (QED) is 0.151. The minimum atomic E-state index is -4.66. The SMILES string of the molecule is CCC(=O)OCOP(=O)(CC)c1cc(Oc2ncc(C(F)(F)F)cc2Cl)ccc1[N+](=O)[O-]. The average molecular weight is 497 g/mol. The molecule has 0 aliphatic carbocycles. The molecule has 0 radical (unpaired) electrons. The molecule has 1 heterocycles. The molecule has 9 nitrogen and oxygen atoms in total. The molecule has 0 N–H and O–H groups in total. The largest absolute Gasteiger partial charge is 0.438 e. The first kappa shape index (κ1) is 25.6. The summed E-state index contributed by atoms with van der Waals surface area (Å²) < 4.78 is 66.8. The minimum Gasteiger partial charge on any atom is -0.438 e.